The Hall–Kier alpha value is -3.75. The van der Waals surface area contributed by atoms with Crippen LogP contribution in [0.5, 0.6) is 0 Å². The molecule has 9 heteroatoms. The van der Waals surface area contributed by atoms with E-state index < -0.39 is 0 Å². The van der Waals surface area contributed by atoms with Crippen molar-refractivity contribution in [1.82, 2.24) is 29.5 Å². The molecule has 4 aromatic rings. The SMILES string of the molecule is Cc1nc2cc(=O)[nH]n2c(C)c1CNC(=O)Cn1cnc2ccccc2c1=O. The summed E-state index contributed by atoms with van der Waals surface area (Å²) in [5.74, 6) is -0.320. The molecule has 3 aromatic heterocycles. The van der Waals surface area contributed by atoms with Gasteiger partial charge in [0.25, 0.3) is 11.1 Å². The van der Waals surface area contributed by atoms with E-state index in [0.717, 1.165) is 17.0 Å². The van der Waals surface area contributed by atoms with E-state index in [4.69, 9.17) is 0 Å². The average molecular weight is 378 g/mol. The zero-order chi connectivity index (χ0) is 19.8. The fraction of sp³-hybridized carbons (Fsp3) is 0.211. The standard InChI is InChI=1S/C19H18N6O3/c1-11-14(12(2)25-16(22-11)7-17(26)23-25)8-20-18(27)9-24-10-21-15-6-4-3-5-13(15)19(24)28/h3-7,10H,8-9H2,1-2H3,(H,20,27)(H,23,26). The number of aryl methyl sites for hydroxylation is 2. The van der Waals surface area contributed by atoms with Crippen LogP contribution in [0.1, 0.15) is 17.0 Å². The van der Waals surface area contributed by atoms with E-state index in [1.807, 2.05) is 13.8 Å². The van der Waals surface area contributed by atoms with Crippen molar-refractivity contribution in [3.63, 3.8) is 0 Å². The summed E-state index contributed by atoms with van der Waals surface area (Å²) < 4.78 is 2.87. The smallest absolute Gasteiger partial charge is 0.266 e. The molecule has 0 bridgehead atoms. The number of hydrogen-bond donors (Lipinski definition) is 2. The van der Waals surface area contributed by atoms with Crippen molar-refractivity contribution in [2.45, 2.75) is 26.9 Å². The van der Waals surface area contributed by atoms with Gasteiger partial charge in [0.05, 0.1) is 17.2 Å². The monoisotopic (exact) mass is 378 g/mol. The molecule has 1 amide bonds. The van der Waals surface area contributed by atoms with Crippen molar-refractivity contribution in [2.24, 2.45) is 0 Å². The highest BCUT2D eigenvalue weighted by molar-refractivity contribution is 5.78. The van der Waals surface area contributed by atoms with Crippen LogP contribution in [0.3, 0.4) is 0 Å². The molecule has 0 spiro atoms. The number of nitrogens with zero attached hydrogens (tertiary/aromatic N) is 4. The molecule has 0 aliphatic heterocycles. The fourth-order valence-corrected chi connectivity index (χ4v) is 3.23. The fourth-order valence-electron chi connectivity index (χ4n) is 3.23. The Balaban J connectivity index is 1.54. The summed E-state index contributed by atoms with van der Waals surface area (Å²) in [6.45, 7) is 3.76. The molecule has 3 heterocycles. The van der Waals surface area contributed by atoms with Crippen molar-refractivity contribution in [1.29, 1.82) is 0 Å². The van der Waals surface area contributed by atoms with Crippen LogP contribution in [0.15, 0.2) is 46.2 Å². The Kier molecular flexibility index (Phi) is 4.26. The van der Waals surface area contributed by atoms with Crippen LogP contribution in [-0.2, 0) is 17.9 Å². The van der Waals surface area contributed by atoms with Crippen LogP contribution in [0.2, 0.25) is 0 Å². The predicted molar refractivity (Wildman–Crippen MR) is 103 cm³/mol. The van der Waals surface area contributed by atoms with Crippen LogP contribution in [-0.4, -0.2) is 30.1 Å². The van der Waals surface area contributed by atoms with Gasteiger partial charge >= 0.3 is 0 Å². The highest BCUT2D eigenvalue weighted by Crippen LogP contribution is 2.12. The van der Waals surface area contributed by atoms with Gasteiger partial charge in [-0.25, -0.2) is 14.5 Å². The number of nitrogens with one attached hydrogen (secondary N) is 2. The molecule has 9 nitrogen and oxygen atoms in total. The van der Waals surface area contributed by atoms with Crippen LogP contribution in [0.4, 0.5) is 0 Å². The molecule has 0 unspecified atom stereocenters. The second kappa shape index (κ2) is 6.76. The summed E-state index contributed by atoms with van der Waals surface area (Å²) >= 11 is 0. The van der Waals surface area contributed by atoms with Gasteiger partial charge in [0.1, 0.15) is 6.54 Å². The maximum Gasteiger partial charge on any atom is 0.266 e. The van der Waals surface area contributed by atoms with Gasteiger partial charge in [0, 0.05) is 29.6 Å². The van der Waals surface area contributed by atoms with E-state index in [2.05, 4.69) is 20.4 Å². The maximum atomic E-state index is 12.5. The number of hydrogen-bond acceptors (Lipinski definition) is 5. The number of carbonyl (C=O) groups excluding carboxylic acids is 1. The molecule has 0 radical (unpaired) electrons. The minimum absolute atomic E-state index is 0.134. The molecule has 4 rings (SSSR count). The zero-order valence-electron chi connectivity index (χ0n) is 15.4. The number of carbonyl (C=O) groups is 1. The summed E-state index contributed by atoms with van der Waals surface area (Å²) in [7, 11) is 0. The number of fused-ring (bicyclic) bond motifs is 2. The van der Waals surface area contributed by atoms with Crippen molar-refractivity contribution in [3.8, 4) is 0 Å². The Morgan fingerprint density at radius 3 is 2.82 bits per heavy atom. The Labute approximate surface area is 158 Å². The van der Waals surface area contributed by atoms with Gasteiger partial charge < -0.3 is 5.32 Å². The Morgan fingerprint density at radius 2 is 2.00 bits per heavy atom. The summed E-state index contributed by atoms with van der Waals surface area (Å²) in [5, 5.41) is 5.95. The first-order valence-corrected chi connectivity index (χ1v) is 8.73. The third-order valence-corrected chi connectivity index (χ3v) is 4.71. The van der Waals surface area contributed by atoms with Crippen LogP contribution in [0, 0.1) is 13.8 Å². The first-order chi connectivity index (χ1) is 13.4. The second-order valence-electron chi connectivity index (χ2n) is 6.55. The van der Waals surface area contributed by atoms with Crippen molar-refractivity contribution < 1.29 is 4.79 Å². The topological polar surface area (TPSA) is 114 Å². The highest BCUT2D eigenvalue weighted by atomic mass is 16.2. The summed E-state index contributed by atoms with van der Waals surface area (Å²) in [5.41, 5.74) is 2.94. The molecule has 0 saturated carbocycles. The molecule has 28 heavy (non-hydrogen) atoms. The number of rotatable bonds is 4. The average Bonchev–Trinajstić information content (AvgIpc) is 3.04. The zero-order valence-corrected chi connectivity index (χ0v) is 15.4. The molecule has 142 valence electrons. The molecular formula is C19H18N6O3. The number of aromatic amines is 1. The molecular weight excluding hydrogens is 360 g/mol. The molecule has 0 aliphatic rings. The lowest BCUT2D eigenvalue weighted by Gasteiger charge is -2.13. The van der Waals surface area contributed by atoms with Crippen LogP contribution < -0.4 is 16.4 Å². The van der Waals surface area contributed by atoms with Crippen molar-refractivity contribution in [3.05, 3.63) is 74.3 Å². The largest absolute Gasteiger partial charge is 0.350 e. The van der Waals surface area contributed by atoms with Gasteiger partial charge in [-0.1, -0.05) is 12.1 Å². The van der Waals surface area contributed by atoms with E-state index in [1.165, 1.54) is 17.0 Å². The molecule has 2 N–H and O–H groups in total. The van der Waals surface area contributed by atoms with Crippen molar-refractivity contribution >= 4 is 22.5 Å². The number of amides is 1. The van der Waals surface area contributed by atoms with E-state index in [-0.39, 0.29) is 30.1 Å². The van der Waals surface area contributed by atoms with Gasteiger partial charge in [-0.2, -0.15) is 0 Å². The van der Waals surface area contributed by atoms with E-state index in [1.54, 1.807) is 28.8 Å². The molecule has 0 saturated heterocycles. The quantitative estimate of drug-likeness (QED) is 0.542. The first kappa shape index (κ1) is 17.7. The number of benzene rings is 1. The van der Waals surface area contributed by atoms with E-state index in [0.29, 0.717) is 16.6 Å². The number of para-hydroxylation sites is 1. The summed E-state index contributed by atoms with van der Waals surface area (Å²) in [6.07, 6.45) is 1.37. The summed E-state index contributed by atoms with van der Waals surface area (Å²) in [4.78, 5) is 45.0. The van der Waals surface area contributed by atoms with Gasteiger partial charge in [0.15, 0.2) is 5.65 Å². The summed E-state index contributed by atoms with van der Waals surface area (Å²) in [6, 6.07) is 8.42. The van der Waals surface area contributed by atoms with Crippen LogP contribution >= 0.6 is 0 Å². The van der Waals surface area contributed by atoms with E-state index in [9.17, 15) is 14.4 Å². The van der Waals surface area contributed by atoms with Gasteiger partial charge in [0.2, 0.25) is 5.91 Å². The van der Waals surface area contributed by atoms with Gasteiger partial charge in [-0.05, 0) is 26.0 Å². The lowest BCUT2D eigenvalue weighted by Crippen LogP contribution is -2.32. The lowest BCUT2D eigenvalue weighted by atomic mass is 10.1. The Bertz CT molecular complexity index is 1330. The minimum Gasteiger partial charge on any atom is -0.350 e. The predicted octanol–water partition coefficient (Wildman–Crippen LogP) is 0.666. The number of H-pyrrole nitrogens is 1. The maximum absolute atomic E-state index is 12.5. The molecule has 0 aliphatic carbocycles. The highest BCUT2D eigenvalue weighted by Gasteiger charge is 2.13. The normalized spacial score (nSPS) is 11.2. The first-order valence-electron chi connectivity index (χ1n) is 8.73. The Morgan fingerprint density at radius 1 is 1.21 bits per heavy atom. The van der Waals surface area contributed by atoms with Gasteiger partial charge in [-0.3, -0.25) is 24.0 Å². The molecule has 1 aromatic carbocycles. The molecule has 0 fully saturated rings. The van der Waals surface area contributed by atoms with Crippen LogP contribution in [0.25, 0.3) is 16.6 Å². The molecule has 0 atom stereocenters. The lowest BCUT2D eigenvalue weighted by molar-refractivity contribution is -0.121. The number of aromatic nitrogens is 5. The minimum atomic E-state index is -0.320. The van der Waals surface area contributed by atoms with Gasteiger partial charge in [-0.15, -0.1) is 0 Å². The second-order valence-corrected chi connectivity index (χ2v) is 6.55. The third kappa shape index (κ3) is 3.07. The van der Waals surface area contributed by atoms with E-state index >= 15 is 0 Å². The van der Waals surface area contributed by atoms with Crippen molar-refractivity contribution in [2.75, 3.05) is 0 Å². The third-order valence-electron chi connectivity index (χ3n) is 4.71.